The molecule has 2 aromatic rings. The first-order valence-electron chi connectivity index (χ1n) is 7.07. The second-order valence-electron chi connectivity index (χ2n) is 5.20. The van der Waals surface area contributed by atoms with E-state index in [-0.39, 0.29) is 16.0 Å². The third kappa shape index (κ3) is 3.23. The van der Waals surface area contributed by atoms with Gasteiger partial charge in [-0.1, -0.05) is 17.7 Å². The van der Waals surface area contributed by atoms with Gasteiger partial charge in [-0.25, -0.2) is 12.8 Å². The molecule has 0 amide bonds. The zero-order chi connectivity index (χ0) is 16.4. The van der Waals surface area contributed by atoms with Crippen LogP contribution in [0.1, 0.15) is 11.6 Å². The number of nitrogens with one attached hydrogen (secondary N) is 1. The van der Waals surface area contributed by atoms with E-state index in [2.05, 4.69) is 10.3 Å². The van der Waals surface area contributed by atoms with E-state index in [1.165, 1.54) is 10.4 Å². The van der Waals surface area contributed by atoms with E-state index in [0.717, 1.165) is 17.7 Å². The van der Waals surface area contributed by atoms with E-state index >= 15 is 0 Å². The van der Waals surface area contributed by atoms with Crippen molar-refractivity contribution in [3.63, 3.8) is 0 Å². The molecule has 0 aliphatic carbocycles. The maximum absolute atomic E-state index is 13.2. The standard InChI is InChI=1S/C15H15ClFN3O2S/c16-13-8-12(17)3-4-15(13)23(21,22)20-7-6-19-10-14(20)11-2-1-5-18-9-11/h1-5,8-9,14,19H,6-7,10H2. The minimum absolute atomic E-state index is 0.0867. The van der Waals surface area contributed by atoms with Gasteiger partial charge in [-0.2, -0.15) is 4.31 Å². The Labute approximate surface area is 139 Å². The minimum atomic E-state index is -3.84. The second kappa shape index (κ2) is 6.52. The molecular formula is C15H15ClFN3O2S. The van der Waals surface area contributed by atoms with Crippen LogP contribution in [0, 0.1) is 5.82 Å². The van der Waals surface area contributed by atoms with Crippen molar-refractivity contribution >= 4 is 21.6 Å². The van der Waals surface area contributed by atoms with Crippen LogP contribution in [0.15, 0.2) is 47.6 Å². The third-order valence-electron chi connectivity index (χ3n) is 3.74. The van der Waals surface area contributed by atoms with Gasteiger partial charge in [0, 0.05) is 32.0 Å². The van der Waals surface area contributed by atoms with Crippen molar-refractivity contribution in [1.29, 1.82) is 0 Å². The molecule has 1 unspecified atom stereocenters. The Morgan fingerprint density at radius 2 is 2.17 bits per heavy atom. The zero-order valence-corrected chi connectivity index (χ0v) is 13.7. The first-order valence-corrected chi connectivity index (χ1v) is 8.89. The van der Waals surface area contributed by atoms with E-state index in [9.17, 15) is 12.8 Å². The summed E-state index contributed by atoms with van der Waals surface area (Å²) in [6, 6.07) is 6.52. The fraction of sp³-hybridized carbons (Fsp3) is 0.267. The highest BCUT2D eigenvalue weighted by Gasteiger charge is 2.35. The summed E-state index contributed by atoms with van der Waals surface area (Å²) in [5.74, 6) is -0.571. The molecule has 0 radical (unpaired) electrons. The van der Waals surface area contributed by atoms with Crippen molar-refractivity contribution in [3.8, 4) is 0 Å². The molecule has 0 bridgehead atoms. The second-order valence-corrected chi connectivity index (χ2v) is 7.46. The van der Waals surface area contributed by atoms with Gasteiger partial charge in [-0.05, 0) is 29.8 Å². The molecule has 1 fully saturated rings. The number of pyridine rings is 1. The van der Waals surface area contributed by atoms with Crippen molar-refractivity contribution in [3.05, 3.63) is 59.1 Å². The highest BCUT2D eigenvalue weighted by Crippen LogP contribution is 2.32. The summed E-state index contributed by atoms with van der Waals surface area (Å²) in [7, 11) is -3.84. The lowest BCUT2D eigenvalue weighted by molar-refractivity contribution is 0.271. The quantitative estimate of drug-likeness (QED) is 0.917. The number of aromatic nitrogens is 1. The highest BCUT2D eigenvalue weighted by molar-refractivity contribution is 7.89. The Kier molecular flexibility index (Phi) is 4.63. The molecule has 1 N–H and O–H groups in total. The highest BCUT2D eigenvalue weighted by atomic mass is 35.5. The normalized spacial score (nSPS) is 19.7. The van der Waals surface area contributed by atoms with Gasteiger partial charge in [-0.15, -0.1) is 0 Å². The minimum Gasteiger partial charge on any atom is -0.313 e. The van der Waals surface area contributed by atoms with Gasteiger partial charge < -0.3 is 5.32 Å². The van der Waals surface area contributed by atoms with Crippen molar-refractivity contribution in [2.45, 2.75) is 10.9 Å². The zero-order valence-electron chi connectivity index (χ0n) is 12.1. The average molecular weight is 356 g/mol. The van der Waals surface area contributed by atoms with Crippen LogP contribution in [0.2, 0.25) is 5.02 Å². The van der Waals surface area contributed by atoms with E-state index in [1.807, 2.05) is 6.07 Å². The predicted molar refractivity (Wildman–Crippen MR) is 85.1 cm³/mol. The van der Waals surface area contributed by atoms with E-state index in [4.69, 9.17) is 11.6 Å². The SMILES string of the molecule is O=S(=O)(c1ccc(F)cc1Cl)N1CCNCC1c1cccnc1. The number of halogens is 2. The number of hydrogen-bond acceptors (Lipinski definition) is 4. The lowest BCUT2D eigenvalue weighted by Crippen LogP contribution is -2.48. The number of benzene rings is 1. The Balaban J connectivity index is 2.02. The molecule has 0 saturated carbocycles. The Hall–Kier alpha value is -1.54. The van der Waals surface area contributed by atoms with Gasteiger partial charge in [0.25, 0.3) is 0 Å². The molecule has 1 aromatic heterocycles. The Morgan fingerprint density at radius 3 is 2.87 bits per heavy atom. The summed E-state index contributed by atoms with van der Waals surface area (Å²) in [5, 5.41) is 3.07. The molecule has 1 aliphatic heterocycles. The topological polar surface area (TPSA) is 62.3 Å². The van der Waals surface area contributed by atoms with Gasteiger partial charge in [0.1, 0.15) is 10.7 Å². The molecule has 122 valence electrons. The number of piperazine rings is 1. The number of rotatable bonds is 3. The average Bonchev–Trinajstić information content (AvgIpc) is 2.55. The van der Waals surface area contributed by atoms with Gasteiger partial charge in [-0.3, -0.25) is 4.98 Å². The monoisotopic (exact) mass is 355 g/mol. The lowest BCUT2D eigenvalue weighted by atomic mass is 10.1. The van der Waals surface area contributed by atoms with Gasteiger partial charge in [0.2, 0.25) is 10.0 Å². The van der Waals surface area contributed by atoms with E-state index in [1.54, 1.807) is 18.5 Å². The summed E-state index contributed by atoms with van der Waals surface area (Å²) in [6.45, 7) is 1.31. The van der Waals surface area contributed by atoms with Gasteiger partial charge in [0.15, 0.2) is 0 Å². The molecule has 23 heavy (non-hydrogen) atoms. The Bertz CT molecular complexity index is 802. The van der Waals surface area contributed by atoms with Crippen molar-refractivity contribution in [1.82, 2.24) is 14.6 Å². The van der Waals surface area contributed by atoms with Crippen LogP contribution in [0.5, 0.6) is 0 Å². The fourth-order valence-electron chi connectivity index (χ4n) is 2.64. The number of nitrogens with zero attached hydrogens (tertiary/aromatic N) is 2. The van der Waals surface area contributed by atoms with Gasteiger partial charge >= 0.3 is 0 Å². The van der Waals surface area contributed by atoms with Crippen LogP contribution in [0.4, 0.5) is 4.39 Å². The van der Waals surface area contributed by atoms with Crippen LogP contribution in [0.25, 0.3) is 0 Å². The maximum Gasteiger partial charge on any atom is 0.245 e. The Morgan fingerprint density at radius 1 is 1.35 bits per heavy atom. The van der Waals surface area contributed by atoms with Crippen molar-refractivity contribution in [2.24, 2.45) is 0 Å². The smallest absolute Gasteiger partial charge is 0.245 e. The van der Waals surface area contributed by atoms with Crippen LogP contribution in [-0.2, 0) is 10.0 Å². The molecule has 1 atom stereocenters. The first kappa shape index (κ1) is 16.3. The summed E-state index contributed by atoms with van der Waals surface area (Å²) in [6.07, 6.45) is 3.28. The summed E-state index contributed by atoms with van der Waals surface area (Å²) in [5.41, 5.74) is 0.793. The summed E-state index contributed by atoms with van der Waals surface area (Å²) >= 11 is 5.95. The van der Waals surface area contributed by atoms with Crippen LogP contribution in [-0.4, -0.2) is 37.3 Å². The van der Waals surface area contributed by atoms with Crippen LogP contribution < -0.4 is 5.32 Å². The molecule has 1 aliphatic rings. The third-order valence-corrected chi connectivity index (χ3v) is 6.14. The van der Waals surface area contributed by atoms with Crippen molar-refractivity contribution in [2.75, 3.05) is 19.6 Å². The van der Waals surface area contributed by atoms with Gasteiger partial charge in [0.05, 0.1) is 11.1 Å². The molecule has 1 aromatic carbocycles. The molecule has 0 spiro atoms. The molecule has 1 saturated heterocycles. The molecular weight excluding hydrogens is 341 g/mol. The predicted octanol–water partition coefficient (Wildman–Crippen LogP) is 2.21. The summed E-state index contributed by atoms with van der Waals surface area (Å²) < 4.78 is 40.5. The van der Waals surface area contributed by atoms with Crippen LogP contribution in [0.3, 0.4) is 0 Å². The van der Waals surface area contributed by atoms with E-state index in [0.29, 0.717) is 19.6 Å². The maximum atomic E-state index is 13.2. The van der Waals surface area contributed by atoms with E-state index < -0.39 is 15.8 Å². The molecule has 8 heteroatoms. The number of hydrogen-bond donors (Lipinski definition) is 1. The largest absolute Gasteiger partial charge is 0.313 e. The van der Waals surface area contributed by atoms with Crippen LogP contribution >= 0.6 is 11.6 Å². The summed E-state index contributed by atoms with van der Waals surface area (Å²) in [4.78, 5) is 3.97. The lowest BCUT2D eigenvalue weighted by Gasteiger charge is -2.35. The fourth-order valence-corrected chi connectivity index (χ4v) is 4.76. The molecule has 5 nitrogen and oxygen atoms in total. The molecule has 2 heterocycles. The molecule has 3 rings (SSSR count). The number of sulfonamides is 1. The van der Waals surface area contributed by atoms with Crippen molar-refractivity contribution < 1.29 is 12.8 Å². The first-order chi connectivity index (χ1) is 11.0.